The molecule has 0 bridgehead atoms. The molecule has 0 N–H and O–H groups in total. The third kappa shape index (κ3) is 4.01. The average Bonchev–Trinajstić information content (AvgIpc) is 2.14. The van der Waals surface area contributed by atoms with E-state index in [1.54, 1.807) is 0 Å². The van der Waals surface area contributed by atoms with Gasteiger partial charge in [0.2, 0.25) is 0 Å². The number of likely N-dealkylation sites (N-methyl/N-ethyl adjacent to an activating group) is 1. The molecule has 1 saturated heterocycles. The highest BCUT2D eigenvalue weighted by Gasteiger charge is 2.03. The minimum atomic E-state index is 0.647. The Morgan fingerprint density at radius 1 is 1.00 bits per heavy atom. The third-order valence-electron chi connectivity index (χ3n) is 1.71. The van der Waals surface area contributed by atoms with E-state index in [1.807, 2.05) is 5.06 Å². The van der Waals surface area contributed by atoms with Gasteiger partial charge >= 0.3 is 0 Å². The normalized spacial score (nSPS) is 23.8. The van der Waals surface area contributed by atoms with Crippen LogP contribution in [0, 0.1) is 0 Å². The van der Waals surface area contributed by atoms with Crippen LogP contribution in [0.25, 0.3) is 0 Å². The molecule has 1 heterocycles. The maximum absolute atomic E-state index is 5.40. The zero-order chi connectivity index (χ0) is 8.65. The fraction of sp³-hybridized carbons (Fsp3) is 1.00. The van der Waals surface area contributed by atoms with Gasteiger partial charge < -0.3 is 9.47 Å². The monoisotopic (exact) mass is 175 g/mol. The highest BCUT2D eigenvalue weighted by molar-refractivity contribution is 4.43. The van der Waals surface area contributed by atoms with Crippen LogP contribution in [-0.4, -0.2) is 51.2 Å². The summed E-state index contributed by atoms with van der Waals surface area (Å²) in [4.78, 5) is 5.40. The second-order valence-corrected chi connectivity index (χ2v) is 2.58. The quantitative estimate of drug-likeness (QED) is 0.573. The SMILES string of the molecule is CCN1CCOCCOCCO1. The summed E-state index contributed by atoms with van der Waals surface area (Å²) in [6.07, 6.45) is 0. The van der Waals surface area contributed by atoms with E-state index in [2.05, 4.69) is 6.92 Å². The lowest BCUT2D eigenvalue weighted by molar-refractivity contribution is -0.181. The highest BCUT2D eigenvalue weighted by Crippen LogP contribution is 1.93. The smallest absolute Gasteiger partial charge is 0.0918 e. The molecular formula is C8H17NO3. The fourth-order valence-corrected chi connectivity index (χ4v) is 1.03. The molecule has 1 rings (SSSR count). The summed E-state index contributed by atoms with van der Waals surface area (Å²) < 4.78 is 10.5. The predicted molar refractivity (Wildman–Crippen MR) is 44.8 cm³/mol. The highest BCUT2D eigenvalue weighted by atomic mass is 16.7. The van der Waals surface area contributed by atoms with Crippen LogP contribution >= 0.6 is 0 Å². The van der Waals surface area contributed by atoms with Gasteiger partial charge in [0, 0.05) is 13.1 Å². The standard InChI is InChI=1S/C8H17NO3/c1-2-9-3-4-10-5-6-11-7-8-12-9/h2-8H2,1H3. The van der Waals surface area contributed by atoms with E-state index in [0.717, 1.165) is 19.7 Å². The van der Waals surface area contributed by atoms with Gasteiger partial charge in [0.15, 0.2) is 0 Å². The molecule has 1 aliphatic heterocycles. The van der Waals surface area contributed by atoms with E-state index < -0.39 is 0 Å². The summed E-state index contributed by atoms with van der Waals surface area (Å²) in [5.41, 5.74) is 0. The lowest BCUT2D eigenvalue weighted by atomic mass is 10.6. The minimum absolute atomic E-state index is 0.647. The molecule has 0 aromatic heterocycles. The van der Waals surface area contributed by atoms with E-state index >= 15 is 0 Å². The van der Waals surface area contributed by atoms with Crippen molar-refractivity contribution in [3.05, 3.63) is 0 Å². The van der Waals surface area contributed by atoms with Crippen LogP contribution in [0.2, 0.25) is 0 Å². The van der Waals surface area contributed by atoms with E-state index in [1.165, 1.54) is 0 Å². The molecule has 4 nitrogen and oxygen atoms in total. The molecule has 1 aliphatic rings. The number of hydroxylamine groups is 2. The Balaban J connectivity index is 2.17. The maximum Gasteiger partial charge on any atom is 0.0918 e. The van der Waals surface area contributed by atoms with Crippen molar-refractivity contribution in [2.75, 3.05) is 46.1 Å². The molecule has 0 radical (unpaired) electrons. The van der Waals surface area contributed by atoms with Crippen LogP contribution in [0.4, 0.5) is 0 Å². The molecule has 72 valence electrons. The first kappa shape index (κ1) is 9.92. The first-order valence-corrected chi connectivity index (χ1v) is 4.47. The van der Waals surface area contributed by atoms with Crippen molar-refractivity contribution in [2.45, 2.75) is 6.92 Å². The van der Waals surface area contributed by atoms with E-state index in [9.17, 15) is 0 Å². The zero-order valence-electron chi connectivity index (χ0n) is 7.62. The van der Waals surface area contributed by atoms with Crippen molar-refractivity contribution >= 4 is 0 Å². The van der Waals surface area contributed by atoms with Crippen molar-refractivity contribution in [3.63, 3.8) is 0 Å². The van der Waals surface area contributed by atoms with Crippen molar-refractivity contribution in [1.29, 1.82) is 0 Å². The van der Waals surface area contributed by atoms with Gasteiger partial charge in [0.05, 0.1) is 33.0 Å². The largest absolute Gasteiger partial charge is 0.378 e. The number of hydrogen-bond donors (Lipinski definition) is 0. The predicted octanol–water partition coefficient (Wildman–Crippen LogP) is 0.287. The van der Waals surface area contributed by atoms with Gasteiger partial charge in [0.25, 0.3) is 0 Å². The Kier molecular flexibility index (Phi) is 5.27. The van der Waals surface area contributed by atoms with Gasteiger partial charge in [-0.3, -0.25) is 4.84 Å². The second kappa shape index (κ2) is 6.37. The average molecular weight is 175 g/mol. The van der Waals surface area contributed by atoms with Crippen LogP contribution in [0.3, 0.4) is 0 Å². The summed E-state index contributed by atoms with van der Waals surface area (Å²) in [7, 11) is 0. The molecular weight excluding hydrogens is 158 g/mol. The topological polar surface area (TPSA) is 30.9 Å². The Labute approximate surface area is 73.3 Å². The number of nitrogens with zero attached hydrogens (tertiary/aromatic N) is 1. The lowest BCUT2D eigenvalue weighted by Gasteiger charge is -2.21. The maximum atomic E-state index is 5.40. The van der Waals surface area contributed by atoms with Crippen LogP contribution in [0.5, 0.6) is 0 Å². The fourth-order valence-electron chi connectivity index (χ4n) is 1.03. The van der Waals surface area contributed by atoms with Gasteiger partial charge in [-0.25, -0.2) is 0 Å². The number of rotatable bonds is 1. The molecule has 0 unspecified atom stereocenters. The lowest BCUT2D eigenvalue weighted by Crippen LogP contribution is -2.30. The summed E-state index contributed by atoms with van der Waals surface area (Å²) in [6, 6.07) is 0. The van der Waals surface area contributed by atoms with Gasteiger partial charge in [-0.1, -0.05) is 6.92 Å². The Morgan fingerprint density at radius 3 is 2.42 bits per heavy atom. The molecule has 4 heteroatoms. The number of ether oxygens (including phenoxy) is 2. The third-order valence-corrected chi connectivity index (χ3v) is 1.71. The van der Waals surface area contributed by atoms with Crippen LogP contribution < -0.4 is 0 Å². The first-order valence-electron chi connectivity index (χ1n) is 4.47. The van der Waals surface area contributed by atoms with E-state index in [-0.39, 0.29) is 0 Å². The molecule has 0 saturated carbocycles. The molecule has 12 heavy (non-hydrogen) atoms. The minimum Gasteiger partial charge on any atom is -0.378 e. The van der Waals surface area contributed by atoms with Gasteiger partial charge in [-0.2, -0.15) is 5.06 Å². The van der Waals surface area contributed by atoms with Crippen LogP contribution in [0.1, 0.15) is 6.92 Å². The summed E-state index contributed by atoms with van der Waals surface area (Å²) in [5.74, 6) is 0. The van der Waals surface area contributed by atoms with E-state index in [0.29, 0.717) is 26.4 Å². The summed E-state index contributed by atoms with van der Waals surface area (Å²) in [6.45, 7) is 7.18. The van der Waals surface area contributed by atoms with Gasteiger partial charge in [-0.15, -0.1) is 0 Å². The molecule has 0 spiro atoms. The molecule has 0 aromatic rings. The van der Waals surface area contributed by atoms with Crippen molar-refractivity contribution in [1.82, 2.24) is 5.06 Å². The summed E-state index contributed by atoms with van der Waals surface area (Å²) in [5, 5.41) is 1.90. The number of hydrogen-bond acceptors (Lipinski definition) is 4. The zero-order valence-corrected chi connectivity index (χ0v) is 7.62. The first-order chi connectivity index (χ1) is 5.93. The molecule has 0 atom stereocenters. The second-order valence-electron chi connectivity index (χ2n) is 2.58. The van der Waals surface area contributed by atoms with Crippen molar-refractivity contribution in [2.24, 2.45) is 0 Å². The van der Waals surface area contributed by atoms with Crippen LogP contribution in [0.15, 0.2) is 0 Å². The van der Waals surface area contributed by atoms with Gasteiger partial charge in [0.1, 0.15) is 0 Å². The Hall–Kier alpha value is -0.160. The Bertz CT molecular complexity index is 100. The molecule has 0 aromatic carbocycles. The van der Waals surface area contributed by atoms with Crippen molar-refractivity contribution in [3.8, 4) is 0 Å². The van der Waals surface area contributed by atoms with Crippen molar-refractivity contribution < 1.29 is 14.3 Å². The van der Waals surface area contributed by atoms with Crippen LogP contribution in [-0.2, 0) is 14.3 Å². The molecule has 0 aliphatic carbocycles. The molecule has 1 fully saturated rings. The Morgan fingerprint density at radius 2 is 1.67 bits per heavy atom. The van der Waals surface area contributed by atoms with E-state index in [4.69, 9.17) is 14.3 Å². The molecule has 0 amide bonds. The summed E-state index contributed by atoms with van der Waals surface area (Å²) >= 11 is 0. The van der Waals surface area contributed by atoms with Gasteiger partial charge in [-0.05, 0) is 0 Å².